The predicted octanol–water partition coefficient (Wildman–Crippen LogP) is 4.85. The number of amides is 2. The number of benzene rings is 2. The molecule has 2 N–H and O–H groups in total. The molecule has 0 fully saturated rings. The minimum Gasteiger partial charge on any atom is -0.326 e. The van der Waals surface area contributed by atoms with Gasteiger partial charge in [0.1, 0.15) is 0 Å². The van der Waals surface area contributed by atoms with Gasteiger partial charge in [0, 0.05) is 22.7 Å². The lowest BCUT2D eigenvalue weighted by molar-refractivity contribution is -0.116. The lowest BCUT2D eigenvalue weighted by Crippen LogP contribution is -2.22. The Morgan fingerprint density at radius 1 is 0.960 bits per heavy atom. The van der Waals surface area contributed by atoms with Gasteiger partial charge in [0.25, 0.3) is 0 Å². The van der Waals surface area contributed by atoms with Crippen molar-refractivity contribution in [2.45, 2.75) is 43.8 Å². The zero-order chi connectivity index (χ0) is 18.2. The first-order valence-corrected chi connectivity index (χ1v) is 9.30. The minimum absolute atomic E-state index is 0.0220. The molecule has 2 rings (SSSR count). The molecule has 0 saturated heterocycles. The van der Waals surface area contributed by atoms with E-state index < -0.39 is 0 Å². The minimum atomic E-state index is -0.221. The van der Waals surface area contributed by atoms with Crippen molar-refractivity contribution in [3.8, 4) is 0 Å². The summed E-state index contributed by atoms with van der Waals surface area (Å²) in [6.07, 6.45) is 1.35. The van der Waals surface area contributed by atoms with Crippen LogP contribution in [0.3, 0.4) is 0 Å². The monoisotopic (exact) mass is 356 g/mol. The fourth-order valence-electron chi connectivity index (χ4n) is 2.21. The number of carbonyl (C=O) groups is 2. The molecule has 25 heavy (non-hydrogen) atoms. The van der Waals surface area contributed by atoms with E-state index in [1.54, 1.807) is 0 Å². The maximum Gasteiger partial charge on any atom is 0.237 e. The molecule has 0 aliphatic carbocycles. The predicted molar refractivity (Wildman–Crippen MR) is 105 cm³/mol. The molecule has 1 unspecified atom stereocenters. The van der Waals surface area contributed by atoms with Crippen molar-refractivity contribution >= 4 is 35.0 Å². The van der Waals surface area contributed by atoms with Crippen LogP contribution in [-0.4, -0.2) is 17.1 Å². The average molecular weight is 356 g/mol. The molecule has 0 heterocycles. The molecule has 0 aliphatic heterocycles. The van der Waals surface area contributed by atoms with Crippen LogP contribution >= 0.6 is 11.8 Å². The van der Waals surface area contributed by atoms with Crippen LogP contribution in [0.5, 0.6) is 0 Å². The number of rotatable bonds is 7. The Morgan fingerprint density at radius 2 is 1.52 bits per heavy atom. The molecule has 0 saturated carbocycles. The number of hydrogen-bond donors (Lipinski definition) is 2. The average Bonchev–Trinajstić information content (AvgIpc) is 2.59. The number of thioether (sulfide) groups is 1. The van der Waals surface area contributed by atoms with E-state index >= 15 is 0 Å². The van der Waals surface area contributed by atoms with E-state index in [9.17, 15) is 9.59 Å². The van der Waals surface area contributed by atoms with Gasteiger partial charge in [0.05, 0.1) is 5.25 Å². The van der Waals surface area contributed by atoms with Crippen molar-refractivity contribution in [2.75, 3.05) is 10.6 Å². The molecule has 0 spiro atoms. The van der Waals surface area contributed by atoms with Crippen LogP contribution < -0.4 is 10.6 Å². The molecule has 132 valence electrons. The molecule has 0 aliphatic rings. The van der Waals surface area contributed by atoms with Crippen LogP contribution in [0.1, 0.15) is 32.3 Å². The van der Waals surface area contributed by atoms with Crippen LogP contribution in [0.2, 0.25) is 0 Å². The third-order valence-corrected chi connectivity index (χ3v) is 4.73. The number of hydrogen-bond acceptors (Lipinski definition) is 3. The topological polar surface area (TPSA) is 58.2 Å². The third-order valence-electron chi connectivity index (χ3n) is 3.62. The highest BCUT2D eigenvalue weighted by Gasteiger charge is 2.14. The Bertz CT molecular complexity index is 711. The van der Waals surface area contributed by atoms with Crippen LogP contribution in [0.15, 0.2) is 53.4 Å². The Labute approximate surface area is 153 Å². The van der Waals surface area contributed by atoms with Crippen LogP contribution in [0, 0.1) is 6.92 Å². The van der Waals surface area contributed by atoms with Gasteiger partial charge in [-0.3, -0.25) is 9.59 Å². The normalized spacial score (nSPS) is 11.6. The summed E-state index contributed by atoms with van der Waals surface area (Å²) in [5, 5.41) is 5.56. The van der Waals surface area contributed by atoms with Gasteiger partial charge in [-0.25, -0.2) is 0 Å². The van der Waals surface area contributed by atoms with E-state index in [-0.39, 0.29) is 17.1 Å². The Kier molecular flexibility index (Phi) is 7.07. The summed E-state index contributed by atoms with van der Waals surface area (Å²) in [7, 11) is 0. The van der Waals surface area contributed by atoms with E-state index in [4.69, 9.17) is 0 Å². The van der Waals surface area contributed by atoms with Crippen LogP contribution in [-0.2, 0) is 9.59 Å². The van der Waals surface area contributed by atoms with Gasteiger partial charge in [0.15, 0.2) is 0 Å². The fourth-order valence-corrected chi connectivity index (χ4v) is 3.07. The first kappa shape index (κ1) is 19.1. The summed E-state index contributed by atoms with van der Waals surface area (Å²) in [6, 6.07) is 15.3. The van der Waals surface area contributed by atoms with E-state index in [0.29, 0.717) is 6.42 Å². The maximum atomic E-state index is 12.3. The van der Waals surface area contributed by atoms with Crippen molar-refractivity contribution in [2.24, 2.45) is 0 Å². The summed E-state index contributed by atoms with van der Waals surface area (Å²) >= 11 is 1.49. The summed E-state index contributed by atoms with van der Waals surface area (Å²) < 4.78 is 0. The SMILES string of the molecule is CCCC(=O)Nc1ccc(SC(C)C(=O)Nc2ccc(C)cc2)cc1. The van der Waals surface area contributed by atoms with Gasteiger partial charge in [-0.15, -0.1) is 11.8 Å². The van der Waals surface area contributed by atoms with E-state index in [0.717, 1.165) is 28.3 Å². The first-order chi connectivity index (χ1) is 12.0. The molecular weight excluding hydrogens is 332 g/mol. The zero-order valence-electron chi connectivity index (χ0n) is 14.8. The molecule has 5 heteroatoms. The highest BCUT2D eigenvalue weighted by Crippen LogP contribution is 2.25. The number of aryl methyl sites for hydroxylation is 1. The second-order valence-corrected chi connectivity index (χ2v) is 7.35. The molecule has 0 radical (unpaired) electrons. The van der Waals surface area contributed by atoms with Crippen molar-refractivity contribution in [3.05, 3.63) is 54.1 Å². The van der Waals surface area contributed by atoms with Crippen LogP contribution in [0.25, 0.3) is 0 Å². The third kappa shape index (κ3) is 6.27. The summed E-state index contributed by atoms with van der Waals surface area (Å²) in [5.74, 6) is -0.0112. The number of nitrogens with one attached hydrogen (secondary N) is 2. The molecule has 0 bridgehead atoms. The second-order valence-electron chi connectivity index (χ2n) is 5.94. The van der Waals surface area contributed by atoms with Gasteiger partial charge >= 0.3 is 0 Å². The largest absolute Gasteiger partial charge is 0.326 e. The molecule has 2 amide bonds. The van der Waals surface area contributed by atoms with Crippen molar-refractivity contribution in [3.63, 3.8) is 0 Å². The lowest BCUT2D eigenvalue weighted by atomic mass is 10.2. The standard InChI is InChI=1S/C20H24N2O2S/c1-4-5-19(23)21-16-10-12-18(13-11-16)25-15(3)20(24)22-17-8-6-14(2)7-9-17/h6-13,15H,4-5H2,1-3H3,(H,21,23)(H,22,24). The van der Waals surface area contributed by atoms with E-state index in [2.05, 4.69) is 10.6 Å². The van der Waals surface area contributed by atoms with Gasteiger partial charge < -0.3 is 10.6 Å². The molecule has 2 aromatic carbocycles. The van der Waals surface area contributed by atoms with Crippen molar-refractivity contribution in [1.82, 2.24) is 0 Å². The summed E-state index contributed by atoms with van der Waals surface area (Å²) in [4.78, 5) is 24.9. The molecule has 4 nitrogen and oxygen atoms in total. The van der Waals surface area contributed by atoms with Gasteiger partial charge in [0.2, 0.25) is 11.8 Å². The Hall–Kier alpha value is -2.27. The smallest absolute Gasteiger partial charge is 0.237 e. The number of carbonyl (C=O) groups excluding carboxylic acids is 2. The maximum absolute atomic E-state index is 12.3. The summed E-state index contributed by atoms with van der Waals surface area (Å²) in [6.45, 7) is 5.87. The Morgan fingerprint density at radius 3 is 2.12 bits per heavy atom. The van der Waals surface area contributed by atoms with Crippen molar-refractivity contribution in [1.29, 1.82) is 0 Å². The quantitative estimate of drug-likeness (QED) is 0.697. The van der Waals surface area contributed by atoms with Gasteiger partial charge in [-0.2, -0.15) is 0 Å². The molecular formula is C20H24N2O2S. The molecule has 0 aromatic heterocycles. The van der Waals surface area contributed by atoms with Gasteiger partial charge in [-0.1, -0.05) is 24.6 Å². The molecule has 1 atom stereocenters. The second kappa shape index (κ2) is 9.28. The zero-order valence-corrected chi connectivity index (χ0v) is 15.7. The fraction of sp³-hybridized carbons (Fsp3) is 0.300. The van der Waals surface area contributed by atoms with Crippen molar-refractivity contribution < 1.29 is 9.59 Å². The van der Waals surface area contributed by atoms with Crippen LogP contribution in [0.4, 0.5) is 11.4 Å². The van der Waals surface area contributed by atoms with E-state index in [1.807, 2.05) is 69.3 Å². The van der Waals surface area contributed by atoms with E-state index in [1.165, 1.54) is 11.8 Å². The van der Waals surface area contributed by atoms with Gasteiger partial charge in [-0.05, 0) is 56.7 Å². The lowest BCUT2D eigenvalue weighted by Gasteiger charge is -2.13. The summed E-state index contributed by atoms with van der Waals surface area (Å²) in [5.41, 5.74) is 2.74. The Balaban J connectivity index is 1.88. The highest BCUT2D eigenvalue weighted by molar-refractivity contribution is 8.00. The molecule has 2 aromatic rings. The number of anilines is 2. The first-order valence-electron chi connectivity index (χ1n) is 8.42. The highest BCUT2D eigenvalue weighted by atomic mass is 32.2.